The lowest BCUT2D eigenvalue weighted by atomic mass is 9.96. The van der Waals surface area contributed by atoms with E-state index in [9.17, 15) is 49.1 Å². The van der Waals surface area contributed by atoms with Crippen molar-refractivity contribution in [2.45, 2.75) is 61.3 Å². The number of nitrogens with zero attached hydrogens (tertiary/aromatic N) is 2. The van der Waals surface area contributed by atoms with Crippen LogP contribution in [0.2, 0.25) is 0 Å². The number of hydrogen-bond acceptors (Lipinski definition) is 16. The average Bonchev–Trinajstić information content (AvgIpc) is 3.17. The van der Waals surface area contributed by atoms with Crippen molar-refractivity contribution in [1.82, 2.24) is 14.5 Å². The Bertz CT molecular complexity index is 1230. The van der Waals surface area contributed by atoms with Gasteiger partial charge in [0.1, 0.15) is 42.7 Å². The van der Waals surface area contributed by atoms with Gasteiger partial charge in [0, 0.05) is 12.3 Å². The molecule has 3 rings (SSSR count). The molecule has 0 bridgehead atoms. The molecule has 0 radical (unpaired) electrons. The van der Waals surface area contributed by atoms with Gasteiger partial charge in [0.2, 0.25) is 0 Å². The van der Waals surface area contributed by atoms with Gasteiger partial charge in [-0.25, -0.2) is 13.9 Å². The number of rotatable bonds is 11. The van der Waals surface area contributed by atoms with Crippen molar-refractivity contribution < 1.29 is 67.5 Å². The molecule has 2 aliphatic rings. The van der Waals surface area contributed by atoms with E-state index in [1.807, 2.05) is 4.98 Å². The molecule has 3 heterocycles. The van der Waals surface area contributed by atoms with E-state index in [4.69, 9.17) is 19.1 Å². The van der Waals surface area contributed by atoms with Crippen molar-refractivity contribution in [3.8, 4) is 0 Å². The van der Waals surface area contributed by atoms with Crippen molar-refractivity contribution >= 4 is 26.9 Å². The molecule has 0 aromatic carbocycles. The van der Waals surface area contributed by atoms with Crippen LogP contribution < -0.4 is 11.2 Å². The van der Waals surface area contributed by atoms with Crippen LogP contribution in [0.4, 0.5) is 0 Å². The molecular formula is C18H31N3O16P2S. The molecule has 12 atom stereocenters. The second-order valence-electron chi connectivity index (χ2n) is 9.14. The number of nitrogens with one attached hydrogen (secondary N) is 1. The molecule has 1 aromatic heterocycles. The van der Waals surface area contributed by atoms with Crippen LogP contribution in [-0.2, 0) is 32.0 Å². The van der Waals surface area contributed by atoms with Crippen LogP contribution in [0.25, 0.3) is 0 Å². The van der Waals surface area contributed by atoms with Crippen LogP contribution in [0.1, 0.15) is 6.23 Å². The Balaban J connectivity index is 1.67. The summed E-state index contributed by atoms with van der Waals surface area (Å²) in [4.78, 5) is 37.3. The van der Waals surface area contributed by atoms with Gasteiger partial charge in [-0.3, -0.25) is 28.3 Å². The third-order valence-corrected chi connectivity index (χ3v) is 9.68. The number of aromatic nitrogens is 2. The van der Waals surface area contributed by atoms with Crippen LogP contribution in [0, 0.1) is 0 Å². The van der Waals surface area contributed by atoms with E-state index in [2.05, 4.69) is 21.1 Å². The number of likely N-dealkylation sites (N-methyl/N-ethyl adjacent to an activating group) is 1. The maximum Gasteiger partial charge on any atom is 0.482 e. The molecule has 22 heteroatoms. The molecule has 2 fully saturated rings. The number of ether oxygens (including phenoxy) is 2. The molecule has 2 saturated heterocycles. The summed E-state index contributed by atoms with van der Waals surface area (Å²) in [6.45, 7) is -6.51. The average molecular weight is 639 g/mol. The molecule has 7 unspecified atom stereocenters. The van der Waals surface area contributed by atoms with E-state index in [1.165, 1.54) is 4.90 Å². The largest absolute Gasteiger partial charge is 0.482 e. The lowest BCUT2D eigenvalue weighted by Gasteiger charge is -2.41. The topological polar surface area (TPSA) is 280 Å². The standard InChI is InChI=1S/C18H31N3O16P2S/c1-20(2)10-11(25)8(34-16(10)21-4-3-9(24)19-18(21)29)6-33-39(32,40)37-38(30,31)36-17-14(28)12(26)13(27)15(35-17)7(23)5-22/h3-4,7-8,10-17,22-23,25-28H,5-6H2,1-2H3,(H,30,31)(H,32,40)(H,19,24,29)/t7-,8+,10+,11+,12?,13?,14?,15?,16+,17?,39?/m0/s1. The van der Waals surface area contributed by atoms with E-state index in [0.29, 0.717) is 0 Å². The Morgan fingerprint density at radius 1 is 1.12 bits per heavy atom. The lowest BCUT2D eigenvalue weighted by Crippen LogP contribution is -2.61. The van der Waals surface area contributed by atoms with E-state index in [0.717, 1.165) is 16.8 Å². The zero-order chi connectivity index (χ0) is 30.2. The summed E-state index contributed by atoms with van der Waals surface area (Å²) >= 11 is 3.59. The smallest absolute Gasteiger partial charge is 0.394 e. The number of aliphatic hydroxyl groups excluding tert-OH is 6. The Hall–Kier alpha value is -1.03. The van der Waals surface area contributed by atoms with Crippen LogP contribution in [0.3, 0.4) is 0 Å². The fourth-order valence-electron chi connectivity index (χ4n) is 4.14. The van der Waals surface area contributed by atoms with Crippen molar-refractivity contribution in [3.05, 3.63) is 33.1 Å². The maximum absolute atomic E-state index is 12.7. The summed E-state index contributed by atoms with van der Waals surface area (Å²) in [5.41, 5.74) is -1.50. The Morgan fingerprint density at radius 2 is 1.77 bits per heavy atom. The molecule has 0 spiro atoms. The van der Waals surface area contributed by atoms with E-state index in [-0.39, 0.29) is 0 Å². The molecule has 2 aliphatic heterocycles. The molecule has 1 aromatic rings. The number of phosphoric acid groups is 1. The summed E-state index contributed by atoms with van der Waals surface area (Å²) < 4.78 is 50.9. The fraction of sp³-hybridized carbons (Fsp3) is 0.778. The molecule has 230 valence electrons. The van der Waals surface area contributed by atoms with Gasteiger partial charge in [-0.1, -0.05) is 12.2 Å². The summed E-state index contributed by atoms with van der Waals surface area (Å²) in [6, 6.07) is 0.181. The van der Waals surface area contributed by atoms with Gasteiger partial charge < -0.3 is 45.0 Å². The highest BCUT2D eigenvalue weighted by Gasteiger charge is 2.51. The van der Waals surface area contributed by atoms with Crippen LogP contribution >= 0.6 is 26.9 Å². The molecule has 40 heavy (non-hydrogen) atoms. The second-order valence-corrected chi connectivity index (χ2v) is 13.6. The lowest BCUT2D eigenvalue weighted by molar-refractivity contribution is -0.292. The van der Waals surface area contributed by atoms with Gasteiger partial charge in [0.15, 0.2) is 12.5 Å². The predicted octanol–water partition coefficient (Wildman–Crippen LogP) is -3.93. The van der Waals surface area contributed by atoms with Gasteiger partial charge in [-0.05, 0) is 14.1 Å². The summed E-state index contributed by atoms with van der Waals surface area (Å²) in [5.74, 6) is 0. The normalized spacial score (nSPS) is 36.7. The molecule has 0 amide bonds. The van der Waals surface area contributed by atoms with Gasteiger partial charge in [-0.2, -0.15) is 4.31 Å². The quantitative estimate of drug-likeness (QED) is 0.0825. The van der Waals surface area contributed by atoms with Crippen molar-refractivity contribution in [2.24, 2.45) is 0 Å². The highest BCUT2D eigenvalue weighted by atomic mass is 32.7. The number of hydrogen-bond donors (Lipinski definition) is 9. The monoisotopic (exact) mass is 639 g/mol. The SMILES string of the molecule is CN(C)[C@@H]1[C@H](O)[C@@H](COP(=O)(S)OP(=O)(O)OC2OC([C@@H](O)CO)C(O)C(O)C2O)O[C@H]1n1ccc(=O)[nH]c1=O. The number of thiol groups is 1. The van der Waals surface area contributed by atoms with Crippen LogP contribution in [0.5, 0.6) is 0 Å². The van der Waals surface area contributed by atoms with E-state index in [1.54, 1.807) is 14.1 Å². The number of H-pyrrole nitrogens is 1. The van der Waals surface area contributed by atoms with Crippen molar-refractivity contribution in [3.63, 3.8) is 0 Å². The van der Waals surface area contributed by atoms with Crippen molar-refractivity contribution in [1.29, 1.82) is 0 Å². The van der Waals surface area contributed by atoms with Crippen LogP contribution in [0.15, 0.2) is 21.9 Å². The first-order valence-electron chi connectivity index (χ1n) is 11.5. The number of aliphatic hydroxyl groups is 6. The molecule has 8 N–H and O–H groups in total. The number of aromatic amines is 1. The highest BCUT2D eigenvalue weighted by molar-refractivity contribution is 8.45. The Labute approximate surface area is 230 Å². The van der Waals surface area contributed by atoms with E-state index >= 15 is 0 Å². The first-order valence-corrected chi connectivity index (χ1v) is 15.7. The van der Waals surface area contributed by atoms with Gasteiger partial charge >= 0.3 is 20.3 Å². The van der Waals surface area contributed by atoms with Crippen LogP contribution in [-0.4, -0.2) is 132 Å². The molecular weight excluding hydrogens is 608 g/mol. The van der Waals surface area contributed by atoms with Gasteiger partial charge in [0.25, 0.3) is 5.56 Å². The summed E-state index contributed by atoms with van der Waals surface area (Å²) in [5, 5.41) is 59.5. The first-order chi connectivity index (χ1) is 18.5. The zero-order valence-electron chi connectivity index (χ0n) is 20.9. The minimum absolute atomic E-state index is 0.665. The maximum atomic E-state index is 12.7. The predicted molar refractivity (Wildman–Crippen MR) is 133 cm³/mol. The summed E-state index contributed by atoms with van der Waals surface area (Å²) in [6.07, 6.45) is -14.6. The minimum Gasteiger partial charge on any atom is -0.394 e. The number of phosphoric ester groups is 1. The molecule has 0 saturated carbocycles. The second kappa shape index (κ2) is 13.1. The minimum atomic E-state index is -5.48. The zero-order valence-corrected chi connectivity index (χ0v) is 23.6. The Kier molecular flexibility index (Phi) is 11.0. The van der Waals surface area contributed by atoms with Gasteiger partial charge in [-0.15, -0.1) is 0 Å². The third kappa shape index (κ3) is 7.67. The molecule has 0 aliphatic carbocycles. The van der Waals surface area contributed by atoms with E-state index < -0.39 is 100 Å². The fourth-order valence-corrected chi connectivity index (χ4v) is 7.33. The van der Waals surface area contributed by atoms with Gasteiger partial charge in [0.05, 0.1) is 19.3 Å². The summed E-state index contributed by atoms with van der Waals surface area (Å²) in [7, 11) is -2.35. The third-order valence-electron chi connectivity index (χ3n) is 6.08. The first kappa shape index (κ1) is 33.5. The molecule has 19 nitrogen and oxygen atoms in total. The Morgan fingerprint density at radius 3 is 2.35 bits per heavy atom. The highest BCUT2D eigenvalue weighted by Crippen LogP contribution is 2.66. The van der Waals surface area contributed by atoms with Crippen molar-refractivity contribution in [2.75, 3.05) is 27.3 Å².